The van der Waals surface area contributed by atoms with Crippen molar-refractivity contribution in [1.82, 2.24) is 0 Å². The molecule has 0 radical (unpaired) electrons. The highest BCUT2D eigenvalue weighted by Gasteiger charge is 2.06. The third-order valence-corrected chi connectivity index (χ3v) is 3.72. The molecule has 1 rings (SSSR count). The molecule has 1 atom stereocenters. The Labute approximate surface area is 98.6 Å². The molecule has 4 heteroatoms. The van der Waals surface area contributed by atoms with Crippen LogP contribution in [-0.2, 0) is 5.75 Å². The molecule has 1 nitrogen and oxygen atoms in total. The Morgan fingerprint density at radius 3 is 2.93 bits per heavy atom. The van der Waals surface area contributed by atoms with Crippen molar-refractivity contribution < 1.29 is 9.50 Å². The van der Waals surface area contributed by atoms with Gasteiger partial charge in [0.05, 0.1) is 0 Å². The van der Waals surface area contributed by atoms with E-state index in [2.05, 4.69) is 0 Å². The normalized spacial score (nSPS) is 12.8. The minimum Gasteiger partial charge on any atom is -0.396 e. The summed E-state index contributed by atoms with van der Waals surface area (Å²) in [7, 11) is 0. The zero-order valence-corrected chi connectivity index (χ0v) is 10.1. The Balaban J connectivity index is 2.53. The first kappa shape index (κ1) is 12.8. The van der Waals surface area contributed by atoms with Gasteiger partial charge in [0.2, 0.25) is 0 Å². The highest BCUT2D eigenvalue weighted by molar-refractivity contribution is 7.99. The van der Waals surface area contributed by atoms with E-state index in [9.17, 15) is 4.39 Å². The summed E-state index contributed by atoms with van der Waals surface area (Å²) in [6.45, 7) is 2.22. The van der Waals surface area contributed by atoms with Crippen LogP contribution in [0.3, 0.4) is 0 Å². The minimum absolute atomic E-state index is 0.186. The zero-order valence-electron chi connectivity index (χ0n) is 8.54. The van der Waals surface area contributed by atoms with Gasteiger partial charge in [0.25, 0.3) is 0 Å². The number of aliphatic hydroxyl groups excluding tert-OH is 1. The van der Waals surface area contributed by atoms with Crippen molar-refractivity contribution in [1.29, 1.82) is 0 Å². The van der Waals surface area contributed by atoms with Gasteiger partial charge in [-0.25, -0.2) is 4.39 Å². The lowest BCUT2D eigenvalue weighted by Gasteiger charge is -2.10. The van der Waals surface area contributed by atoms with E-state index < -0.39 is 0 Å². The van der Waals surface area contributed by atoms with Crippen LogP contribution < -0.4 is 0 Å². The largest absolute Gasteiger partial charge is 0.396 e. The third kappa shape index (κ3) is 4.41. The maximum Gasteiger partial charge on any atom is 0.123 e. The number of halogens is 2. The Kier molecular flexibility index (Phi) is 5.43. The van der Waals surface area contributed by atoms with Crippen LogP contribution in [0.25, 0.3) is 0 Å². The Hall–Kier alpha value is -0.250. The zero-order chi connectivity index (χ0) is 11.3. The first-order valence-electron chi connectivity index (χ1n) is 4.80. The first-order valence-corrected chi connectivity index (χ1v) is 6.22. The molecule has 0 saturated carbocycles. The standard InChI is InChI=1S/C11H14ClFOS/c1-8(4-5-14)15-7-9-6-10(13)2-3-11(9)12/h2-3,6,8,14H,4-5,7H2,1H3. The molecule has 0 aromatic heterocycles. The summed E-state index contributed by atoms with van der Waals surface area (Å²) in [6, 6.07) is 4.39. The predicted octanol–water partition coefficient (Wildman–Crippen LogP) is 3.48. The van der Waals surface area contributed by atoms with E-state index in [0.29, 0.717) is 16.0 Å². The van der Waals surface area contributed by atoms with Crippen LogP contribution in [-0.4, -0.2) is 17.0 Å². The van der Waals surface area contributed by atoms with Crippen molar-refractivity contribution in [2.75, 3.05) is 6.61 Å². The summed E-state index contributed by atoms with van der Waals surface area (Å²) in [4.78, 5) is 0. The van der Waals surface area contributed by atoms with Gasteiger partial charge in [0, 0.05) is 22.6 Å². The lowest BCUT2D eigenvalue weighted by atomic mass is 10.2. The minimum atomic E-state index is -0.259. The quantitative estimate of drug-likeness (QED) is 0.861. The van der Waals surface area contributed by atoms with E-state index in [-0.39, 0.29) is 12.4 Å². The fourth-order valence-corrected chi connectivity index (χ4v) is 2.39. The van der Waals surface area contributed by atoms with Gasteiger partial charge in [0.1, 0.15) is 5.82 Å². The molecule has 0 saturated heterocycles. The van der Waals surface area contributed by atoms with Crippen molar-refractivity contribution >= 4 is 23.4 Å². The summed E-state index contributed by atoms with van der Waals surface area (Å²) in [5.41, 5.74) is 0.812. The highest BCUT2D eigenvalue weighted by Crippen LogP contribution is 2.25. The summed E-state index contributed by atoms with van der Waals surface area (Å²) >= 11 is 7.59. The van der Waals surface area contributed by atoms with E-state index in [0.717, 1.165) is 12.0 Å². The van der Waals surface area contributed by atoms with Crippen molar-refractivity contribution in [3.63, 3.8) is 0 Å². The number of thioether (sulfide) groups is 1. The Morgan fingerprint density at radius 1 is 1.53 bits per heavy atom. The van der Waals surface area contributed by atoms with Crippen molar-refractivity contribution in [3.8, 4) is 0 Å². The monoisotopic (exact) mass is 248 g/mol. The van der Waals surface area contributed by atoms with Crippen LogP contribution in [0.5, 0.6) is 0 Å². The van der Waals surface area contributed by atoms with E-state index in [4.69, 9.17) is 16.7 Å². The van der Waals surface area contributed by atoms with Gasteiger partial charge in [-0.3, -0.25) is 0 Å². The lowest BCUT2D eigenvalue weighted by molar-refractivity contribution is 0.289. The van der Waals surface area contributed by atoms with Crippen LogP contribution in [0.2, 0.25) is 5.02 Å². The summed E-state index contributed by atoms with van der Waals surface area (Å²) in [6.07, 6.45) is 0.748. The second-order valence-corrected chi connectivity index (χ2v) is 5.20. The molecule has 0 spiro atoms. The number of aliphatic hydroxyl groups is 1. The van der Waals surface area contributed by atoms with Crippen LogP contribution in [0.15, 0.2) is 18.2 Å². The predicted molar refractivity (Wildman–Crippen MR) is 63.9 cm³/mol. The Bertz CT molecular complexity index is 319. The van der Waals surface area contributed by atoms with Gasteiger partial charge >= 0.3 is 0 Å². The average Bonchev–Trinajstić information content (AvgIpc) is 2.20. The molecule has 0 heterocycles. The molecule has 1 N–H and O–H groups in total. The SMILES string of the molecule is CC(CCO)SCc1cc(F)ccc1Cl. The molecular weight excluding hydrogens is 235 g/mol. The smallest absolute Gasteiger partial charge is 0.123 e. The highest BCUT2D eigenvalue weighted by atomic mass is 35.5. The fraction of sp³-hybridized carbons (Fsp3) is 0.455. The maximum absolute atomic E-state index is 12.9. The molecule has 15 heavy (non-hydrogen) atoms. The molecule has 0 amide bonds. The molecule has 0 bridgehead atoms. The number of rotatable bonds is 5. The molecule has 1 aromatic rings. The molecule has 1 aromatic carbocycles. The van der Waals surface area contributed by atoms with Gasteiger partial charge in [-0.1, -0.05) is 18.5 Å². The molecule has 0 aliphatic rings. The van der Waals surface area contributed by atoms with Gasteiger partial charge in [0.15, 0.2) is 0 Å². The van der Waals surface area contributed by atoms with Crippen LogP contribution >= 0.6 is 23.4 Å². The summed E-state index contributed by atoms with van der Waals surface area (Å²) in [5, 5.41) is 9.69. The van der Waals surface area contributed by atoms with Gasteiger partial charge in [-0.05, 0) is 30.2 Å². The van der Waals surface area contributed by atoms with Crippen LogP contribution in [0, 0.1) is 5.82 Å². The number of hydrogen-bond acceptors (Lipinski definition) is 2. The van der Waals surface area contributed by atoms with Crippen LogP contribution in [0.1, 0.15) is 18.9 Å². The number of hydrogen-bond donors (Lipinski definition) is 1. The van der Waals surface area contributed by atoms with E-state index in [1.54, 1.807) is 17.8 Å². The molecule has 84 valence electrons. The van der Waals surface area contributed by atoms with Crippen LogP contribution in [0.4, 0.5) is 4.39 Å². The third-order valence-electron chi connectivity index (χ3n) is 2.07. The van der Waals surface area contributed by atoms with E-state index in [1.807, 2.05) is 6.92 Å². The number of benzene rings is 1. The van der Waals surface area contributed by atoms with Crippen molar-refractivity contribution in [3.05, 3.63) is 34.6 Å². The molecule has 0 fully saturated rings. The van der Waals surface area contributed by atoms with Crippen molar-refractivity contribution in [2.24, 2.45) is 0 Å². The average molecular weight is 249 g/mol. The molecular formula is C11H14ClFOS. The molecule has 0 aliphatic carbocycles. The van der Waals surface area contributed by atoms with Gasteiger partial charge in [-0.15, -0.1) is 0 Å². The lowest BCUT2D eigenvalue weighted by Crippen LogP contribution is -2.00. The maximum atomic E-state index is 12.9. The van der Waals surface area contributed by atoms with Gasteiger partial charge in [-0.2, -0.15) is 11.8 Å². The topological polar surface area (TPSA) is 20.2 Å². The fourth-order valence-electron chi connectivity index (χ4n) is 1.15. The Morgan fingerprint density at radius 2 is 2.27 bits per heavy atom. The van der Waals surface area contributed by atoms with E-state index >= 15 is 0 Å². The summed E-state index contributed by atoms with van der Waals surface area (Å²) < 4.78 is 12.9. The van der Waals surface area contributed by atoms with Crippen molar-refractivity contribution in [2.45, 2.75) is 24.3 Å². The second kappa shape index (κ2) is 6.36. The molecule has 0 aliphatic heterocycles. The molecule has 1 unspecified atom stereocenters. The first-order chi connectivity index (χ1) is 7.13. The van der Waals surface area contributed by atoms with E-state index in [1.165, 1.54) is 12.1 Å². The summed E-state index contributed by atoms with van der Waals surface area (Å²) in [5.74, 6) is 0.419. The van der Waals surface area contributed by atoms with Gasteiger partial charge < -0.3 is 5.11 Å². The second-order valence-electron chi connectivity index (χ2n) is 3.37.